The number of hydrogen-bond acceptors (Lipinski definition) is 3. The molecule has 0 aromatic carbocycles. The van der Waals surface area contributed by atoms with Crippen molar-refractivity contribution < 1.29 is 4.79 Å². The zero-order valence-electron chi connectivity index (χ0n) is 11.9. The van der Waals surface area contributed by atoms with Gasteiger partial charge in [-0.05, 0) is 44.9 Å². The van der Waals surface area contributed by atoms with E-state index < -0.39 is 0 Å². The molecule has 2 aromatic rings. The molecule has 100 valence electrons. The van der Waals surface area contributed by atoms with Crippen molar-refractivity contribution in [3.05, 3.63) is 46.5 Å². The van der Waals surface area contributed by atoms with Gasteiger partial charge in [0, 0.05) is 36.6 Å². The van der Waals surface area contributed by atoms with Crippen LogP contribution < -0.4 is 0 Å². The Hall–Kier alpha value is -1.97. The first kappa shape index (κ1) is 13.5. The molecule has 2 heterocycles. The average Bonchev–Trinajstić information content (AvgIpc) is 2.62. The monoisotopic (exact) mass is 257 g/mol. The van der Waals surface area contributed by atoms with Gasteiger partial charge < -0.3 is 0 Å². The number of nitrogens with zero attached hydrogens (tertiary/aromatic N) is 3. The van der Waals surface area contributed by atoms with Gasteiger partial charge in [-0.3, -0.25) is 14.5 Å². The fourth-order valence-electron chi connectivity index (χ4n) is 2.19. The molecule has 0 saturated heterocycles. The summed E-state index contributed by atoms with van der Waals surface area (Å²) in [5, 5.41) is 4.37. The van der Waals surface area contributed by atoms with Crippen LogP contribution in [0.1, 0.15) is 39.4 Å². The Morgan fingerprint density at radius 1 is 1.26 bits per heavy atom. The first-order chi connectivity index (χ1) is 8.99. The number of aromatic nitrogens is 3. The van der Waals surface area contributed by atoms with Crippen molar-refractivity contribution in [1.29, 1.82) is 0 Å². The lowest BCUT2D eigenvalue weighted by Gasteiger charge is -2.03. The summed E-state index contributed by atoms with van der Waals surface area (Å²) in [7, 11) is 1.93. The number of carbonyl (C=O) groups is 1. The molecule has 2 rings (SSSR count). The summed E-state index contributed by atoms with van der Waals surface area (Å²) in [5.41, 5.74) is 4.93. The van der Waals surface area contributed by atoms with Crippen molar-refractivity contribution in [3.8, 4) is 0 Å². The summed E-state index contributed by atoms with van der Waals surface area (Å²) in [6, 6.07) is 3.71. The van der Waals surface area contributed by atoms with E-state index >= 15 is 0 Å². The highest BCUT2D eigenvalue weighted by Gasteiger charge is 2.12. The van der Waals surface area contributed by atoms with E-state index in [-0.39, 0.29) is 5.78 Å². The van der Waals surface area contributed by atoms with E-state index in [0.29, 0.717) is 12.0 Å². The third-order valence-electron chi connectivity index (χ3n) is 3.49. The molecule has 0 N–H and O–H groups in total. The lowest BCUT2D eigenvalue weighted by atomic mass is 10.0. The number of carbonyl (C=O) groups excluding carboxylic acids is 1. The molecule has 0 aliphatic heterocycles. The summed E-state index contributed by atoms with van der Waals surface area (Å²) < 4.78 is 1.86. The quantitative estimate of drug-likeness (QED) is 0.791. The number of pyridine rings is 1. The summed E-state index contributed by atoms with van der Waals surface area (Å²) in [4.78, 5) is 16.2. The van der Waals surface area contributed by atoms with Crippen molar-refractivity contribution in [2.24, 2.45) is 7.05 Å². The SMILES string of the molecule is Cc1ccc(C(=O)CCc2c(C)nn(C)c2C)cn1. The Balaban J connectivity index is 2.06. The molecule has 4 nitrogen and oxygen atoms in total. The van der Waals surface area contributed by atoms with Crippen LogP contribution in [0.2, 0.25) is 0 Å². The van der Waals surface area contributed by atoms with Crippen LogP contribution >= 0.6 is 0 Å². The van der Waals surface area contributed by atoms with Gasteiger partial charge in [0.05, 0.1) is 5.69 Å². The molecule has 0 saturated carbocycles. The molecule has 19 heavy (non-hydrogen) atoms. The highest BCUT2D eigenvalue weighted by atomic mass is 16.1. The zero-order chi connectivity index (χ0) is 14.0. The van der Waals surface area contributed by atoms with Crippen LogP contribution in [0.3, 0.4) is 0 Å². The Labute approximate surface area is 113 Å². The standard InChI is InChI=1S/C15H19N3O/c1-10-5-6-13(9-16-10)15(19)8-7-14-11(2)17-18(4)12(14)3/h5-6,9H,7-8H2,1-4H3. The number of rotatable bonds is 4. The van der Waals surface area contributed by atoms with Crippen LogP contribution in [0.4, 0.5) is 0 Å². The Bertz CT molecular complexity index is 597. The largest absolute Gasteiger partial charge is 0.294 e. The molecular formula is C15H19N3O. The molecule has 0 unspecified atom stereocenters. The van der Waals surface area contributed by atoms with Crippen molar-refractivity contribution in [1.82, 2.24) is 14.8 Å². The molecule has 0 amide bonds. The van der Waals surface area contributed by atoms with E-state index in [1.807, 2.05) is 44.6 Å². The molecule has 0 fully saturated rings. The van der Waals surface area contributed by atoms with Crippen molar-refractivity contribution >= 4 is 5.78 Å². The third kappa shape index (κ3) is 2.89. The Morgan fingerprint density at radius 3 is 2.53 bits per heavy atom. The average molecular weight is 257 g/mol. The number of Topliss-reactive ketones (excluding diaryl/α,β-unsaturated/α-hetero) is 1. The van der Waals surface area contributed by atoms with Gasteiger partial charge in [0.15, 0.2) is 5.78 Å². The van der Waals surface area contributed by atoms with Gasteiger partial charge in [-0.1, -0.05) is 0 Å². The van der Waals surface area contributed by atoms with Crippen LogP contribution in [-0.4, -0.2) is 20.5 Å². The summed E-state index contributed by atoms with van der Waals surface area (Å²) >= 11 is 0. The Kier molecular flexibility index (Phi) is 3.79. The van der Waals surface area contributed by atoms with Crippen LogP contribution in [0, 0.1) is 20.8 Å². The van der Waals surface area contributed by atoms with Crippen LogP contribution in [0.25, 0.3) is 0 Å². The number of ketones is 1. The van der Waals surface area contributed by atoms with Gasteiger partial charge in [-0.25, -0.2) is 0 Å². The van der Waals surface area contributed by atoms with E-state index in [9.17, 15) is 4.79 Å². The Morgan fingerprint density at radius 2 is 2.00 bits per heavy atom. The number of aryl methyl sites for hydroxylation is 3. The van der Waals surface area contributed by atoms with Crippen molar-refractivity contribution in [3.63, 3.8) is 0 Å². The predicted octanol–water partition coefficient (Wildman–Crippen LogP) is 2.56. The molecule has 0 aliphatic rings. The predicted molar refractivity (Wildman–Crippen MR) is 74.3 cm³/mol. The normalized spacial score (nSPS) is 10.7. The second-order valence-electron chi connectivity index (χ2n) is 4.88. The van der Waals surface area contributed by atoms with Gasteiger partial charge in [-0.2, -0.15) is 5.10 Å². The summed E-state index contributed by atoms with van der Waals surface area (Å²) in [6.45, 7) is 5.93. The smallest absolute Gasteiger partial charge is 0.164 e. The van der Waals surface area contributed by atoms with Gasteiger partial charge >= 0.3 is 0 Å². The lowest BCUT2D eigenvalue weighted by molar-refractivity contribution is 0.0982. The van der Waals surface area contributed by atoms with E-state index in [2.05, 4.69) is 10.1 Å². The second kappa shape index (κ2) is 5.34. The highest BCUT2D eigenvalue weighted by molar-refractivity contribution is 5.95. The number of hydrogen-bond donors (Lipinski definition) is 0. The maximum Gasteiger partial charge on any atom is 0.164 e. The summed E-state index contributed by atoms with van der Waals surface area (Å²) in [5.74, 6) is 0.134. The van der Waals surface area contributed by atoms with Gasteiger partial charge in [0.25, 0.3) is 0 Å². The lowest BCUT2D eigenvalue weighted by Crippen LogP contribution is -2.03. The maximum atomic E-state index is 12.1. The van der Waals surface area contributed by atoms with Crippen LogP contribution in [-0.2, 0) is 13.5 Å². The van der Waals surface area contributed by atoms with E-state index in [4.69, 9.17) is 0 Å². The summed E-state index contributed by atoms with van der Waals surface area (Å²) in [6.07, 6.45) is 2.89. The fraction of sp³-hybridized carbons (Fsp3) is 0.400. The molecule has 0 atom stereocenters. The van der Waals surface area contributed by atoms with Gasteiger partial charge in [-0.15, -0.1) is 0 Å². The minimum absolute atomic E-state index is 0.134. The van der Waals surface area contributed by atoms with E-state index in [0.717, 1.165) is 23.5 Å². The van der Waals surface area contributed by atoms with Crippen molar-refractivity contribution in [2.75, 3.05) is 0 Å². The zero-order valence-corrected chi connectivity index (χ0v) is 11.9. The molecule has 0 spiro atoms. The van der Waals surface area contributed by atoms with Crippen LogP contribution in [0.15, 0.2) is 18.3 Å². The minimum Gasteiger partial charge on any atom is -0.294 e. The first-order valence-electron chi connectivity index (χ1n) is 6.44. The highest BCUT2D eigenvalue weighted by Crippen LogP contribution is 2.15. The molecular weight excluding hydrogens is 238 g/mol. The van der Waals surface area contributed by atoms with Gasteiger partial charge in [0.1, 0.15) is 0 Å². The fourth-order valence-corrected chi connectivity index (χ4v) is 2.19. The molecule has 2 aromatic heterocycles. The molecule has 4 heteroatoms. The van der Waals surface area contributed by atoms with E-state index in [1.54, 1.807) is 6.20 Å². The second-order valence-corrected chi connectivity index (χ2v) is 4.88. The molecule has 0 bridgehead atoms. The third-order valence-corrected chi connectivity index (χ3v) is 3.49. The van der Waals surface area contributed by atoms with Gasteiger partial charge in [0.2, 0.25) is 0 Å². The molecule has 0 aliphatic carbocycles. The van der Waals surface area contributed by atoms with Crippen LogP contribution in [0.5, 0.6) is 0 Å². The topological polar surface area (TPSA) is 47.8 Å². The van der Waals surface area contributed by atoms with E-state index in [1.165, 1.54) is 5.56 Å². The molecule has 0 radical (unpaired) electrons. The first-order valence-corrected chi connectivity index (χ1v) is 6.44. The van der Waals surface area contributed by atoms with Crippen molar-refractivity contribution in [2.45, 2.75) is 33.6 Å². The minimum atomic E-state index is 0.134. The maximum absolute atomic E-state index is 12.1.